The van der Waals surface area contributed by atoms with Crippen LogP contribution in [0.5, 0.6) is 5.75 Å². The SMILES string of the molecule is CC(c1ccccc1Cl)N1CCN(C(=O)CCc2ccc(OC(F)F)cc2)CC1. The van der Waals surface area contributed by atoms with Crippen LogP contribution in [-0.2, 0) is 11.2 Å². The van der Waals surface area contributed by atoms with E-state index < -0.39 is 6.61 Å². The Morgan fingerprint density at radius 2 is 1.72 bits per heavy atom. The average molecular weight is 423 g/mol. The van der Waals surface area contributed by atoms with Crippen molar-refractivity contribution in [2.75, 3.05) is 26.2 Å². The minimum absolute atomic E-state index is 0.114. The van der Waals surface area contributed by atoms with Crippen molar-refractivity contribution in [2.45, 2.75) is 32.4 Å². The Morgan fingerprint density at radius 1 is 1.07 bits per heavy atom. The molecule has 7 heteroatoms. The highest BCUT2D eigenvalue weighted by Gasteiger charge is 2.25. The fraction of sp³-hybridized carbons (Fsp3) is 0.409. The fourth-order valence-electron chi connectivity index (χ4n) is 3.62. The third-order valence-electron chi connectivity index (χ3n) is 5.35. The molecule has 1 aliphatic heterocycles. The number of nitrogens with zero attached hydrogens (tertiary/aromatic N) is 2. The number of hydrogen-bond donors (Lipinski definition) is 0. The molecule has 156 valence electrons. The number of rotatable bonds is 7. The van der Waals surface area contributed by atoms with Gasteiger partial charge in [0.15, 0.2) is 0 Å². The van der Waals surface area contributed by atoms with Crippen LogP contribution in [-0.4, -0.2) is 48.5 Å². The molecular formula is C22H25ClF2N2O2. The Labute approximate surface area is 175 Å². The molecule has 1 saturated heterocycles. The lowest BCUT2D eigenvalue weighted by atomic mass is 10.1. The summed E-state index contributed by atoms with van der Waals surface area (Å²) in [6.07, 6.45) is 0.971. The molecular weight excluding hydrogens is 398 g/mol. The Balaban J connectivity index is 1.46. The second kappa shape index (κ2) is 10.0. The maximum atomic E-state index is 12.5. The quantitative estimate of drug-likeness (QED) is 0.643. The Hall–Kier alpha value is -2.18. The number of carbonyl (C=O) groups is 1. The summed E-state index contributed by atoms with van der Waals surface area (Å²) in [5, 5.41) is 0.767. The number of piperazine rings is 1. The third-order valence-corrected chi connectivity index (χ3v) is 5.69. The molecule has 1 aliphatic rings. The van der Waals surface area contributed by atoms with E-state index >= 15 is 0 Å². The van der Waals surface area contributed by atoms with E-state index in [1.165, 1.54) is 12.1 Å². The van der Waals surface area contributed by atoms with Crippen molar-refractivity contribution in [3.63, 3.8) is 0 Å². The number of carbonyl (C=O) groups excluding carboxylic acids is 1. The molecule has 1 unspecified atom stereocenters. The molecule has 4 nitrogen and oxygen atoms in total. The van der Waals surface area contributed by atoms with Gasteiger partial charge in [0.25, 0.3) is 0 Å². The van der Waals surface area contributed by atoms with Gasteiger partial charge in [0.1, 0.15) is 5.75 Å². The van der Waals surface area contributed by atoms with Crippen LogP contribution in [0.15, 0.2) is 48.5 Å². The van der Waals surface area contributed by atoms with Crippen molar-refractivity contribution in [2.24, 2.45) is 0 Å². The first-order valence-corrected chi connectivity index (χ1v) is 10.1. The standard InChI is InChI=1S/C22H25ClF2N2O2/c1-16(19-4-2-3-5-20(19)23)26-12-14-27(15-13-26)21(28)11-8-17-6-9-18(10-7-17)29-22(24)25/h2-7,9-10,16,22H,8,11-15H2,1H3. The third kappa shape index (κ3) is 5.90. The maximum absolute atomic E-state index is 12.5. The summed E-state index contributed by atoms with van der Waals surface area (Å²) in [7, 11) is 0. The van der Waals surface area contributed by atoms with Crippen LogP contribution in [0.4, 0.5) is 8.78 Å². The van der Waals surface area contributed by atoms with Crippen LogP contribution in [0.1, 0.15) is 30.5 Å². The maximum Gasteiger partial charge on any atom is 0.387 e. The highest BCUT2D eigenvalue weighted by molar-refractivity contribution is 6.31. The predicted molar refractivity (Wildman–Crippen MR) is 109 cm³/mol. The number of amides is 1. The van der Waals surface area contributed by atoms with Crippen molar-refractivity contribution in [1.82, 2.24) is 9.80 Å². The van der Waals surface area contributed by atoms with Crippen molar-refractivity contribution in [3.8, 4) is 5.75 Å². The van der Waals surface area contributed by atoms with Gasteiger partial charge in [-0.3, -0.25) is 9.69 Å². The second-order valence-electron chi connectivity index (χ2n) is 7.14. The summed E-state index contributed by atoms with van der Waals surface area (Å²) in [6, 6.07) is 14.5. The van der Waals surface area contributed by atoms with Crippen molar-refractivity contribution in [3.05, 3.63) is 64.7 Å². The number of halogens is 3. The van der Waals surface area contributed by atoms with Gasteiger partial charge in [-0.2, -0.15) is 8.78 Å². The number of aryl methyl sites for hydroxylation is 1. The first-order chi connectivity index (χ1) is 13.9. The van der Waals surface area contributed by atoms with E-state index in [-0.39, 0.29) is 17.7 Å². The van der Waals surface area contributed by atoms with Crippen LogP contribution < -0.4 is 4.74 Å². The van der Waals surface area contributed by atoms with Gasteiger partial charge in [-0.25, -0.2) is 0 Å². The van der Waals surface area contributed by atoms with Crippen molar-refractivity contribution in [1.29, 1.82) is 0 Å². The van der Waals surface area contributed by atoms with Gasteiger partial charge in [-0.1, -0.05) is 41.9 Å². The van der Waals surface area contributed by atoms with Gasteiger partial charge in [0.2, 0.25) is 5.91 Å². The van der Waals surface area contributed by atoms with Crippen molar-refractivity contribution >= 4 is 17.5 Å². The second-order valence-corrected chi connectivity index (χ2v) is 7.54. The van der Waals surface area contributed by atoms with Gasteiger partial charge in [-0.05, 0) is 42.7 Å². The number of hydrogen-bond acceptors (Lipinski definition) is 3. The summed E-state index contributed by atoms with van der Waals surface area (Å²) in [5.74, 6) is 0.238. The zero-order chi connectivity index (χ0) is 20.8. The topological polar surface area (TPSA) is 32.8 Å². The summed E-state index contributed by atoms with van der Waals surface area (Å²) < 4.78 is 28.7. The molecule has 0 aromatic heterocycles. The molecule has 3 rings (SSSR count). The Bertz CT molecular complexity index is 809. The highest BCUT2D eigenvalue weighted by atomic mass is 35.5. The average Bonchev–Trinajstić information content (AvgIpc) is 2.72. The largest absolute Gasteiger partial charge is 0.435 e. The molecule has 0 bridgehead atoms. The lowest BCUT2D eigenvalue weighted by Gasteiger charge is -2.38. The van der Waals surface area contributed by atoms with E-state index in [0.29, 0.717) is 25.9 Å². The summed E-state index contributed by atoms with van der Waals surface area (Å²) in [4.78, 5) is 16.8. The van der Waals surface area contributed by atoms with Gasteiger partial charge in [-0.15, -0.1) is 0 Å². The monoisotopic (exact) mass is 422 g/mol. The van der Waals surface area contributed by atoms with Gasteiger partial charge in [0, 0.05) is 43.7 Å². The van der Waals surface area contributed by atoms with E-state index in [1.54, 1.807) is 12.1 Å². The molecule has 0 radical (unpaired) electrons. The minimum Gasteiger partial charge on any atom is -0.435 e. The predicted octanol–water partition coefficient (Wildman–Crippen LogP) is 4.78. The van der Waals surface area contributed by atoms with Gasteiger partial charge in [0.05, 0.1) is 0 Å². The summed E-state index contributed by atoms with van der Waals surface area (Å²) in [5.41, 5.74) is 2.03. The molecule has 2 aromatic carbocycles. The number of alkyl halides is 2. The Morgan fingerprint density at radius 3 is 2.34 bits per heavy atom. The first-order valence-electron chi connectivity index (χ1n) is 9.74. The molecule has 1 amide bonds. The minimum atomic E-state index is -2.83. The van der Waals surface area contributed by atoms with E-state index in [4.69, 9.17) is 11.6 Å². The molecule has 0 N–H and O–H groups in total. The lowest BCUT2D eigenvalue weighted by molar-refractivity contribution is -0.133. The van der Waals surface area contributed by atoms with E-state index in [2.05, 4.69) is 16.6 Å². The molecule has 0 spiro atoms. The molecule has 0 saturated carbocycles. The van der Waals surface area contributed by atoms with E-state index in [9.17, 15) is 13.6 Å². The van der Waals surface area contributed by atoms with Crippen molar-refractivity contribution < 1.29 is 18.3 Å². The van der Waals surface area contributed by atoms with Crippen LogP contribution >= 0.6 is 11.6 Å². The van der Waals surface area contributed by atoms with E-state index in [0.717, 1.165) is 29.2 Å². The summed E-state index contributed by atoms with van der Waals surface area (Å²) >= 11 is 6.32. The van der Waals surface area contributed by atoms with Crippen LogP contribution in [0.3, 0.4) is 0 Å². The lowest BCUT2D eigenvalue weighted by Crippen LogP contribution is -2.49. The summed E-state index contributed by atoms with van der Waals surface area (Å²) in [6.45, 7) is 2.29. The molecule has 2 aromatic rings. The van der Waals surface area contributed by atoms with Gasteiger partial charge < -0.3 is 9.64 Å². The highest BCUT2D eigenvalue weighted by Crippen LogP contribution is 2.28. The first kappa shape index (κ1) is 21.5. The van der Waals surface area contributed by atoms with Gasteiger partial charge >= 0.3 is 6.61 Å². The molecule has 1 fully saturated rings. The molecule has 1 atom stereocenters. The zero-order valence-electron chi connectivity index (χ0n) is 16.4. The van der Waals surface area contributed by atoms with Crippen LogP contribution in [0, 0.1) is 0 Å². The molecule has 0 aliphatic carbocycles. The number of benzene rings is 2. The fourth-order valence-corrected chi connectivity index (χ4v) is 3.91. The Kier molecular flexibility index (Phi) is 7.45. The normalized spacial score (nSPS) is 16.1. The smallest absolute Gasteiger partial charge is 0.387 e. The van der Waals surface area contributed by atoms with Crippen LogP contribution in [0.2, 0.25) is 5.02 Å². The molecule has 1 heterocycles. The number of ether oxygens (including phenoxy) is 1. The van der Waals surface area contributed by atoms with Crippen LogP contribution in [0.25, 0.3) is 0 Å². The zero-order valence-corrected chi connectivity index (χ0v) is 17.1. The van der Waals surface area contributed by atoms with E-state index in [1.807, 2.05) is 29.2 Å². The molecule has 29 heavy (non-hydrogen) atoms.